The SMILES string of the molecule is Cc1ccccc1-n1nc(C(=O)Nc2nc3cc(Cl)ccc3n2C)c2c1CCC2. The van der Waals surface area contributed by atoms with E-state index in [-0.39, 0.29) is 5.91 Å². The van der Waals surface area contributed by atoms with Gasteiger partial charge in [-0.3, -0.25) is 10.1 Å². The Morgan fingerprint density at radius 3 is 2.83 bits per heavy atom. The van der Waals surface area contributed by atoms with Gasteiger partial charge in [0.15, 0.2) is 5.69 Å². The van der Waals surface area contributed by atoms with Crippen LogP contribution >= 0.6 is 11.6 Å². The van der Waals surface area contributed by atoms with Crippen LogP contribution in [0.25, 0.3) is 16.7 Å². The zero-order valence-electron chi connectivity index (χ0n) is 16.2. The first-order valence-corrected chi connectivity index (χ1v) is 10.0. The number of amides is 1. The molecule has 0 saturated carbocycles. The Labute approximate surface area is 173 Å². The molecule has 1 aliphatic rings. The van der Waals surface area contributed by atoms with Gasteiger partial charge in [-0.05, 0) is 56.0 Å². The van der Waals surface area contributed by atoms with Crippen LogP contribution in [-0.4, -0.2) is 25.2 Å². The first-order chi connectivity index (χ1) is 14.0. The molecule has 0 bridgehead atoms. The number of imidazole rings is 1. The molecule has 146 valence electrons. The van der Waals surface area contributed by atoms with E-state index in [0.29, 0.717) is 16.7 Å². The number of fused-ring (bicyclic) bond motifs is 2. The van der Waals surface area contributed by atoms with E-state index in [1.807, 2.05) is 46.6 Å². The molecule has 6 nitrogen and oxygen atoms in total. The van der Waals surface area contributed by atoms with Crippen molar-refractivity contribution in [2.75, 3.05) is 5.32 Å². The lowest BCUT2D eigenvalue weighted by atomic mass is 10.2. The first-order valence-electron chi connectivity index (χ1n) is 9.63. The molecule has 0 saturated heterocycles. The predicted molar refractivity (Wildman–Crippen MR) is 114 cm³/mol. The largest absolute Gasteiger partial charge is 0.313 e. The van der Waals surface area contributed by atoms with Crippen molar-refractivity contribution < 1.29 is 4.79 Å². The number of nitrogens with one attached hydrogen (secondary N) is 1. The Morgan fingerprint density at radius 1 is 1.17 bits per heavy atom. The lowest BCUT2D eigenvalue weighted by Crippen LogP contribution is -2.17. The third-order valence-electron chi connectivity index (χ3n) is 5.56. The number of hydrogen-bond donors (Lipinski definition) is 1. The van der Waals surface area contributed by atoms with Crippen LogP contribution in [0.2, 0.25) is 5.02 Å². The van der Waals surface area contributed by atoms with Crippen LogP contribution in [0.5, 0.6) is 0 Å². The molecule has 4 aromatic rings. The number of carbonyl (C=O) groups excluding carboxylic acids is 1. The molecule has 1 aliphatic carbocycles. The molecule has 0 fully saturated rings. The van der Waals surface area contributed by atoms with Crippen LogP contribution in [-0.2, 0) is 19.9 Å². The summed E-state index contributed by atoms with van der Waals surface area (Å²) >= 11 is 6.07. The maximum Gasteiger partial charge on any atom is 0.278 e. The number of aryl methyl sites for hydroxylation is 2. The Kier molecular flexibility index (Phi) is 4.17. The van der Waals surface area contributed by atoms with E-state index in [1.165, 1.54) is 0 Å². The van der Waals surface area contributed by atoms with E-state index >= 15 is 0 Å². The van der Waals surface area contributed by atoms with Gasteiger partial charge in [0.1, 0.15) is 0 Å². The Balaban J connectivity index is 1.54. The number of anilines is 1. The average Bonchev–Trinajstić information content (AvgIpc) is 3.37. The molecule has 0 spiro atoms. The third-order valence-corrected chi connectivity index (χ3v) is 5.79. The Hall–Kier alpha value is -3.12. The monoisotopic (exact) mass is 405 g/mol. The van der Waals surface area contributed by atoms with Crippen molar-refractivity contribution in [3.05, 3.63) is 70.0 Å². The Bertz CT molecular complexity index is 1270. The summed E-state index contributed by atoms with van der Waals surface area (Å²) < 4.78 is 3.78. The van der Waals surface area contributed by atoms with Crippen molar-refractivity contribution in [1.29, 1.82) is 0 Å². The number of halogens is 1. The number of nitrogens with zero attached hydrogens (tertiary/aromatic N) is 4. The quantitative estimate of drug-likeness (QED) is 0.547. The van der Waals surface area contributed by atoms with Gasteiger partial charge in [-0.25, -0.2) is 9.67 Å². The van der Waals surface area contributed by atoms with Gasteiger partial charge in [0.25, 0.3) is 5.91 Å². The Morgan fingerprint density at radius 2 is 2.00 bits per heavy atom. The lowest BCUT2D eigenvalue weighted by Gasteiger charge is -2.08. The van der Waals surface area contributed by atoms with Crippen molar-refractivity contribution >= 4 is 34.5 Å². The van der Waals surface area contributed by atoms with Crippen molar-refractivity contribution in [1.82, 2.24) is 19.3 Å². The maximum atomic E-state index is 13.1. The summed E-state index contributed by atoms with van der Waals surface area (Å²) in [7, 11) is 1.87. The van der Waals surface area contributed by atoms with Crippen LogP contribution < -0.4 is 5.32 Å². The second-order valence-electron chi connectivity index (χ2n) is 7.41. The highest BCUT2D eigenvalue weighted by molar-refractivity contribution is 6.31. The highest BCUT2D eigenvalue weighted by Crippen LogP contribution is 2.29. The van der Waals surface area contributed by atoms with Gasteiger partial charge in [-0.15, -0.1) is 0 Å². The van der Waals surface area contributed by atoms with Crippen molar-refractivity contribution in [3.8, 4) is 5.69 Å². The summed E-state index contributed by atoms with van der Waals surface area (Å²) in [5, 5.41) is 8.26. The van der Waals surface area contributed by atoms with Crippen molar-refractivity contribution in [3.63, 3.8) is 0 Å². The second-order valence-corrected chi connectivity index (χ2v) is 7.84. The summed E-state index contributed by atoms with van der Waals surface area (Å²) in [6.07, 6.45) is 2.82. The van der Waals surface area contributed by atoms with Crippen molar-refractivity contribution in [2.24, 2.45) is 7.05 Å². The number of para-hydroxylation sites is 1. The van der Waals surface area contributed by atoms with Crippen molar-refractivity contribution in [2.45, 2.75) is 26.2 Å². The summed E-state index contributed by atoms with van der Waals surface area (Å²) in [6.45, 7) is 2.06. The molecule has 5 rings (SSSR count). The van der Waals surface area contributed by atoms with Gasteiger partial charge in [0, 0.05) is 23.3 Å². The van der Waals surface area contributed by atoms with E-state index in [9.17, 15) is 4.79 Å². The molecule has 7 heteroatoms. The first kappa shape index (κ1) is 17.9. The number of benzene rings is 2. The molecule has 2 aromatic carbocycles. The normalized spacial score (nSPS) is 13.1. The smallest absolute Gasteiger partial charge is 0.278 e. The minimum atomic E-state index is -0.236. The molecule has 0 radical (unpaired) electrons. The molecule has 0 aliphatic heterocycles. The lowest BCUT2D eigenvalue weighted by molar-refractivity contribution is 0.102. The fraction of sp³-hybridized carbons (Fsp3) is 0.227. The molecule has 0 unspecified atom stereocenters. The van der Waals surface area contributed by atoms with Crippen LogP contribution in [0.4, 0.5) is 5.95 Å². The van der Waals surface area contributed by atoms with Crippen LogP contribution in [0.3, 0.4) is 0 Å². The van der Waals surface area contributed by atoms with E-state index < -0.39 is 0 Å². The topological polar surface area (TPSA) is 64.7 Å². The fourth-order valence-electron chi connectivity index (χ4n) is 4.07. The average molecular weight is 406 g/mol. The summed E-state index contributed by atoms with van der Waals surface area (Å²) in [4.78, 5) is 17.7. The molecular weight excluding hydrogens is 386 g/mol. The number of carbonyl (C=O) groups is 1. The summed E-state index contributed by atoms with van der Waals surface area (Å²) in [5.74, 6) is 0.240. The second kappa shape index (κ2) is 6.74. The maximum absolute atomic E-state index is 13.1. The van der Waals surface area contributed by atoms with Gasteiger partial charge in [-0.1, -0.05) is 29.8 Å². The zero-order chi connectivity index (χ0) is 20.1. The molecule has 2 heterocycles. The zero-order valence-corrected chi connectivity index (χ0v) is 17.0. The fourth-order valence-corrected chi connectivity index (χ4v) is 4.23. The van der Waals surface area contributed by atoms with Gasteiger partial charge < -0.3 is 4.57 Å². The minimum absolute atomic E-state index is 0.236. The highest BCUT2D eigenvalue weighted by atomic mass is 35.5. The van der Waals surface area contributed by atoms with E-state index in [0.717, 1.165) is 52.8 Å². The number of rotatable bonds is 3. The molecule has 0 atom stereocenters. The molecular formula is C22H20ClN5O. The van der Waals surface area contributed by atoms with Gasteiger partial charge in [-0.2, -0.15) is 5.10 Å². The van der Waals surface area contributed by atoms with E-state index in [1.54, 1.807) is 6.07 Å². The number of hydrogen-bond acceptors (Lipinski definition) is 3. The minimum Gasteiger partial charge on any atom is -0.313 e. The molecule has 29 heavy (non-hydrogen) atoms. The molecule has 1 N–H and O–H groups in total. The van der Waals surface area contributed by atoms with E-state index in [2.05, 4.69) is 23.3 Å². The van der Waals surface area contributed by atoms with Gasteiger partial charge in [0.2, 0.25) is 5.95 Å². The highest BCUT2D eigenvalue weighted by Gasteiger charge is 2.28. The summed E-state index contributed by atoms with van der Waals surface area (Å²) in [6, 6.07) is 13.6. The summed E-state index contributed by atoms with van der Waals surface area (Å²) in [5.41, 5.74) is 6.43. The van der Waals surface area contributed by atoms with Crippen LogP contribution in [0.15, 0.2) is 42.5 Å². The molecule has 2 aromatic heterocycles. The van der Waals surface area contributed by atoms with Gasteiger partial charge >= 0.3 is 0 Å². The van der Waals surface area contributed by atoms with Crippen LogP contribution in [0, 0.1) is 6.92 Å². The van der Waals surface area contributed by atoms with E-state index in [4.69, 9.17) is 16.7 Å². The van der Waals surface area contributed by atoms with Gasteiger partial charge in [0.05, 0.1) is 16.7 Å². The standard InChI is InChI=1S/C22H20ClN5O/c1-13-6-3-4-8-17(13)28-18-9-5-7-15(18)20(26-28)21(29)25-22-24-16-12-14(23)10-11-19(16)27(22)2/h3-4,6,8,10-12H,5,7,9H2,1-2H3,(H,24,25,29). The number of aromatic nitrogens is 4. The molecule has 1 amide bonds. The predicted octanol–water partition coefficient (Wildman–Crippen LogP) is 4.46. The third kappa shape index (κ3) is 2.91. The van der Waals surface area contributed by atoms with Crippen LogP contribution in [0.1, 0.15) is 33.7 Å².